The number of carboxylic acid groups (broad SMARTS) is 1. The smallest absolute Gasteiger partial charge is 0.309 e. The van der Waals surface area contributed by atoms with Crippen LogP contribution in [0.2, 0.25) is 0 Å². The van der Waals surface area contributed by atoms with Crippen LogP contribution in [0.4, 0.5) is 0 Å². The van der Waals surface area contributed by atoms with Gasteiger partial charge in [-0.25, -0.2) is 0 Å². The molecule has 2 aliphatic rings. The van der Waals surface area contributed by atoms with Gasteiger partial charge in [-0.15, -0.1) is 0 Å². The first kappa shape index (κ1) is 17.3. The van der Waals surface area contributed by atoms with E-state index in [1.54, 1.807) is 0 Å². The fourth-order valence-electron chi connectivity index (χ4n) is 5.65. The summed E-state index contributed by atoms with van der Waals surface area (Å²) in [4.78, 5) is 12.0. The summed E-state index contributed by atoms with van der Waals surface area (Å²) in [6.45, 7) is 10.4. The normalized spacial score (nSPS) is 32.3. The molecule has 132 valence electrons. The second-order valence-corrected chi connectivity index (χ2v) is 8.72. The van der Waals surface area contributed by atoms with Crippen molar-refractivity contribution in [2.45, 2.75) is 78.1 Å². The van der Waals surface area contributed by atoms with Gasteiger partial charge in [-0.2, -0.15) is 0 Å². The zero-order chi connectivity index (χ0) is 17.9. The average Bonchev–Trinajstić information content (AvgIpc) is 2.48. The maximum Gasteiger partial charge on any atom is 0.309 e. The molecule has 0 bridgehead atoms. The van der Waals surface area contributed by atoms with Gasteiger partial charge < -0.3 is 10.2 Å². The lowest BCUT2D eigenvalue weighted by molar-refractivity contribution is -0.157. The van der Waals surface area contributed by atoms with Crippen LogP contribution in [0.15, 0.2) is 6.07 Å². The highest BCUT2D eigenvalue weighted by Crippen LogP contribution is 2.58. The number of aliphatic carboxylic acids is 1. The van der Waals surface area contributed by atoms with E-state index in [0.29, 0.717) is 5.75 Å². The van der Waals surface area contributed by atoms with Crippen LogP contribution in [0, 0.1) is 18.3 Å². The maximum absolute atomic E-state index is 12.0. The first-order chi connectivity index (χ1) is 11.1. The van der Waals surface area contributed by atoms with Crippen LogP contribution in [0.3, 0.4) is 0 Å². The van der Waals surface area contributed by atoms with Crippen molar-refractivity contribution >= 4 is 5.97 Å². The Morgan fingerprint density at radius 2 is 1.96 bits per heavy atom. The van der Waals surface area contributed by atoms with Crippen LogP contribution in [0.25, 0.3) is 0 Å². The lowest BCUT2D eigenvalue weighted by Gasteiger charge is -2.54. The van der Waals surface area contributed by atoms with Crippen molar-refractivity contribution in [3.63, 3.8) is 0 Å². The number of hydrogen-bond donors (Lipinski definition) is 2. The van der Waals surface area contributed by atoms with Crippen LogP contribution in [-0.2, 0) is 16.6 Å². The lowest BCUT2D eigenvalue weighted by Crippen LogP contribution is -2.52. The fraction of sp³-hybridized carbons (Fsp3) is 0.667. The summed E-state index contributed by atoms with van der Waals surface area (Å²) in [5.41, 5.74) is 3.82. The van der Waals surface area contributed by atoms with E-state index < -0.39 is 11.4 Å². The largest absolute Gasteiger partial charge is 0.507 e. The van der Waals surface area contributed by atoms with Crippen molar-refractivity contribution in [1.29, 1.82) is 0 Å². The fourth-order valence-corrected chi connectivity index (χ4v) is 5.65. The molecule has 2 aliphatic carbocycles. The topological polar surface area (TPSA) is 57.5 Å². The second-order valence-electron chi connectivity index (χ2n) is 8.72. The van der Waals surface area contributed by atoms with E-state index in [1.807, 2.05) is 13.8 Å². The van der Waals surface area contributed by atoms with Gasteiger partial charge in [-0.1, -0.05) is 33.3 Å². The Hall–Kier alpha value is -1.51. The molecule has 3 unspecified atom stereocenters. The number of rotatable bonds is 2. The zero-order valence-corrected chi connectivity index (χ0v) is 15.6. The number of benzene rings is 1. The molecule has 24 heavy (non-hydrogen) atoms. The first-order valence-corrected chi connectivity index (χ1v) is 9.22. The van der Waals surface area contributed by atoms with Gasteiger partial charge in [0.05, 0.1) is 5.41 Å². The molecule has 0 radical (unpaired) electrons. The molecule has 3 heteroatoms. The van der Waals surface area contributed by atoms with E-state index in [0.717, 1.165) is 43.2 Å². The molecular weight excluding hydrogens is 300 g/mol. The van der Waals surface area contributed by atoms with Gasteiger partial charge in [0.15, 0.2) is 0 Å². The molecule has 1 fully saturated rings. The molecule has 3 rings (SSSR count). The van der Waals surface area contributed by atoms with Crippen molar-refractivity contribution in [3.05, 3.63) is 28.3 Å². The summed E-state index contributed by atoms with van der Waals surface area (Å²) in [5.74, 6) is 0.213. The number of aryl methyl sites for hydroxylation is 1. The average molecular weight is 330 g/mol. The molecular formula is C21H30O3. The minimum absolute atomic E-state index is 0.110. The summed E-state index contributed by atoms with van der Waals surface area (Å²) >= 11 is 0. The highest BCUT2D eigenvalue weighted by atomic mass is 16.4. The third-order valence-corrected chi connectivity index (χ3v) is 6.93. The Labute approximate surface area is 145 Å². The third-order valence-electron chi connectivity index (χ3n) is 6.93. The minimum atomic E-state index is -0.651. The predicted molar refractivity (Wildman–Crippen MR) is 95.7 cm³/mol. The molecule has 0 aromatic heterocycles. The molecule has 3 atom stereocenters. The number of aromatic hydroxyl groups is 1. The first-order valence-electron chi connectivity index (χ1n) is 9.22. The van der Waals surface area contributed by atoms with Crippen molar-refractivity contribution in [3.8, 4) is 5.75 Å². The van der Waals surface area contributed by atoms with Gasteiger partial charge in [-0.05, 0) is 73.5 Å². The van der Waals surface area contributed by atoms with Crippen LogP contribution >= 0.6 is 0 Å². The molecule has 0 saturated heterocycles. The summed E-state index contributed by atoms with van der Waals surface area (Å²) in [5, 5.41) is 20.5. The Kier molecular flexibility index (Phi) is 3.97. The van der Waals surface area contributed by atoms with E-state index in [2.05, 4.69) is 26.8 Å². The molecule has 1 aromatic rings. The Balaban J connectivity index is 2.23. The molecule has 3 nitrogen and oxygen atoms in total. The molecule has 0 spiro atoms. The van der Waals surface area contributed by atoms with Gasteiger partial charge in [0.1, 0.15) is 5.75 Å². The Morgan fingerprint density at radius 3 is 2.54 bits per heavy atom. The van der Waals surface area contributed by atoms with Crippen LogP contribution in [-0.4, -0.2) is 16.2 Å². The maximum atomic E-state index is 12.0. The number of carbonyl (C=O) groups is 1. The van der Waals surface area contributed by atoms with Gasteiger partial charge in [-0.3, -0.25) is 4.79 Å². The summed E-state index contributed by atoms with van der Waals surface area (Å²) < 4.78 is 0. The van der Waals surface area contributed by atoms with E-state index in [1.165, 1.54) is 11.1 Å². The molecule has 0 amide bonds. The van der Waals surface area contributed by atoms with Gasteiger partial charge in [0.2, 0.25) is 0 Å². The predicted octanol–water partition coefficient (Wildman–Crippen LogP) is 4.92. The summed E-state index contributed by atoms with van der Waals surface area (Å²) in [7, 11) is 0. The highest BCUT2D eigenvalue weighted by Gasteiger charge is 2.55. The molecule has 1 saturated carbocycles. The summed E-state index contributed by atoms with van der Waals surface area (Å²) in [6.07, 6.45) is 4.53. The van der Waals surface area contributed by atoms with Crippen molar-refractivity contribution < 1.29 is 15.0 Å². The van der Waals surface area contributed by atoms with Crippen LogP contribution < -0.4 is 0 Å². The minimum Gasteiger partial charge on any atom is -0.507 e. The van der Waals surface area contributed by atoms with Crippen molar-refractivity contribution in [2.75, 3.05) is 0 Å². The third kappa shape index (κ3) is 2.20. The van der Waals surface area contributed by atoms with E-state index in [-0.39, 0.29) is 17.3 Å². The Morgan fingerprint density at radius 1 is 1.29 bits per heavy atom. The van der Waals surface area contributed by atoms with Crippen molar-refractivity contribution in [2.24, 2.45) is 11.3 Å². The molecule has 0 heterocycles. The van der Waals surface area contributed by atoms with Gasteiger partial charge >= 0.3 is 5.97 Å². The number of hydrogen-bond acceptors (Lipinski definition) is 2. The summed E-state index contributed by atoms with van der Waals surface area (Å²) in [6, 6.07) is 2.14. The van der Waals surface area contributed by atoms with Gasteiger partial charge in [0, 0.05) is 5.56 Å². The zero-order valence-electron chi connectivity index (χ0n) is 15.6. The number of phenolic OH excluding ortho intramolecular Hbond substituents is 1. The van der Waals surface area contributed by atoms with Crippen LogP contribution in [0.1, 0.15) is 81.5 Å². The second kappa shape index (κ2) is 5.50. The molecule has 2 N–H and O–H groups in total. The van der Waals surface area contributed by atoms with E-state index >= 15 is 0 Å². The molecule has 0 aliphatic heterocycles. The monoisotopic (exact) mass is 330 g/mol. The molecule has 1 aromatic carbocycles. The van der Waals surface area contributed by atoms with E-state index in [4.69, 9.17) is 0 Å². The van der Waals surface area contributed by atoms with Crippen LogP contribution in [0.5, 0.6) is 5.75 Å². The standard InChI is InChI=1S/C21H30O3/c1-12(2)17-14-7-8-16-20(4,15(14)11-13(3)18(17)22)9-6-10-21(16,5)19(23)24/h11-12,16,22H,6-10H2,1-5H3,(H,23,24). The number of fused-ring (bicyclic) bond motifs is 3. The van der Waals surface area contributed by atoms with E-state index in [9.17, 15) is 15.0 Å². The number of phenols is 1. The quantitative estimate of drug-likeness (QED) is 0.809. The number of carboxylic acids is 1. The SMILES string of the molecule is Cc1cc2c(c(C(C)C)c1O)CCC1C(C)(C(=O)O)CCCC21C. The Bertz CT molecular complexity index is 691. The van der Waals surface area contributed by atoms with Crippen molar-refractivity contribution in [1.82, 2.24) is 0 Å². The lowest BCUT2D eigenvalue weighted by atomic mass is 9.49. The highest BCUT2D eigenvalue weighted by molar-refractivity contribution is 5.75. The van der Waals surface area contributed by atoms with Gasteiger partial charge in [0.25, 0.3) is 0 Å².